The van der Waals surface area contributed by atoms with Crippen molar-refractivity contribution in [1.82, 2.24) is 5.32 Å². The SMILES string of the molecule is CCCC1CCC(CNC(C)C)(OC(C)COCC)CC1. The van der Waals surface area contributed by atoms with Crippen LogP contribution in [0.25, 0.3) is 0 Å². The molecule has 0 aliphatic heterocycles. The Hall–Kier alpha value is -0.120. The van der Waals surface area contributed by atoms with Gasteiger partial charge in [-0.05, 0) is 45.4 Å². The molecular weight excluding hydrogens is 262 g/mol. The minimum absolute atomic E-state index is 0.0189. The molecule has 0 heterocycles. The molecule has 0 aromatic heterocycles. The van der Waals surface area contributed by atoms with E-state index in [1.807, 2.05) is 6.92 Å². The van der Waals surface area contributed by atoms with Gasteiger partial charge in [-0.25, -0.2) is 0 Å². The fourth-order valence-corrected chi connectivity index (χ4v) is 3.37. The van der Waals surface area contributed by atoms with Crippen molar-refractivity contribution in [3.63, 3.8) is 0 Å². The maximum Gasteiger partial charge on any atom is 0.0811 e. The Bertz CT molecular complexity index is 260. The van der Waals surface area contributed by atoms with Crippen molar-refractivity contribution in [2.24, 2.45) is 5.92 Å². The molecular formula is C18H37NO2. The van der Waals surface area contributed by atoms with E-state index in [0.29, 0.717) is 12.6 Å². The van der Waals surface area contributed by atoms with Crippen LogP contribution >= 0.6 is 0 Å². The monoisotopic (exact) mass is 299 g/mol. The summed E-state index contributed by atoms with van der Waals surface area (Å²) in [6.07, 6.45) is 7.87. The second-order valence-electron chi connectivity index (χ2n) is 7.04. The van der Waals surface area contributed by atoms with Crippen molar-refractivity contribution in [3.05, 3.63) is 0 Å². The van der Waals surface area contributed by atoms with Crippen molar-refractivity contribution in [2.75, 3.05) is 19.8 Å². The fourth-order valence-electron chi connectivity index (χ4n) is 3.37. The van der Waals surface area contributed by atoms with Crippen molar-refractivity contribution in [2.45, 2.75) is 90.9 Å². The predicted octanol–water partition coefficient (Wildman–Crippen LogP) is 4.16. The summed E-state index contributed by atoms with van der Waals surface area (Å²) >= 11 is 0. The van der Waals surface area contributed by atoms with Gasteiger partial charge in [0.1, 0.15) is 0 Å². The highest BCUT2D eigenvalue weighted by Crippen LogP contribution is 2.37. The minimum Gasteiger partial charge on any atom is -0.379 e. The van der Waals surface area contributed by atoms with Gasteiger partial charge in [0, 0.05) is 19.2 Å². The summed E-state index contributed by atoms with van der Waals surface area (Å²) < 4.78 is 12.0. The van der Waals surface area contributed by atoms with E-state index in [1.54, 1.807) is 0 Å². The molecule has 1 N–H and O–H groups in total. The van der Waals surface area contributed by atoms with Gasteiger partial charge in [0.25, 0.3) is 0 Å². The topological polar surface area (TPSA) is 30.5 Å². The zero-order valence-electron chi connectivity index (χ0n) is 14.9. The van der Waals surface area contributed by atoms with E-state index < -0.39 is 0 Å². The third kappa shape index (κ3) is 7.12. The number of rotatable bonds is 10. The molecule has 0 bridgehead atoms. The van der Waals surface area contributed by atoms with Gasteiger partial charge in [-0.1, -0.05) is 33.6 Å². The molecule has 0 radical (unpaired) electrons. The van der Waals surface area contributed by atoms with Crippen molar-refractivity contribution in [1.29, 1.82) is 0 Å². The third-order valence-corrected chi connectivity index (χ3v) is 4.55. The number of nitrogens with one attached hydrogen (secondary N) is 1. The lowest BCUT2D eigenvalue weighted by Gasteiger charge is -2.42. The minimum atomic E-state index is 0.0189. The summed E-state index contributed by atoms with van der Waals surface area (Å²) in [4.78, 5) is 0. The molecule has 1 aliphatic carbocycles. The van der Waals surface area contributed by atoms with Gasteiger partial charge in [-0.2, -0.15) is 0 Å². The number of hydrogen-bond acceptors (Lipinski definition) is 3. The molecule has 1 atom stereocenters. The van der Waals surface area contributed by atoms with E-state index in [-0.39, 0.29) is 11.7 Å². The molecule has 1 fully saturated rings. The van der Waals surface area contributed by atoms with Gasteiger partial charge in [0.05, 0.1) is 18.3 Å². The summed E-state index contributed by atoms with van der Waals surface area (Å²) in [7, 11) is 0. The van der Waals surface area contributed by atoms with E-state index >= 15 is 0 Å². The van der Waals surface area contributed by atoms with E-state index in [4.69, 9.17) is 9.47 Å². The Morgan fingerprint density at radius 2 is 1.81 bits per heavy atom. The van der Waals surface area contributed by atoms with Gasteiger partial charge in [-0.3, -0.25) is 0 Å². The standard InChI is InChI=1S/C18H37NO2/c1-6-8-17-9-11-18(12-10-17,14-19-15(3)4)21-16(5)13-20-7-2/h15-17,19H,6-14H2,1-5H3. The molecule has 3 nitrogen and oxygen atoms in total. The van der Waals surface area contributed by atoms with Crippen LogP contribution < -0.4 is 5.32 Å². The molecule has 3 heteroatoms. The van der Waals surface area contributed by atoms with E-state index in [0.717, 1.165) is 19.1 Å². The molecule has 1 aliphatic rings. The van der Waals surface area contributed by atoms with E-state index in [1.165, 1.54) is 38.5 Å². The second-order valence-corrected chi connectivity index (χ2v) is 7.04. The first kappa shape index (κ1) is 18.9. The average molecular weight is 299 g/mol. The first-order chi connectivity index (χ1) is 10.0. The first-order valence-corrected chi connectivity index (χ1v) is 9.00. The molecule has 0 saturated heterocycles. The van der Waals surface area contributed by atoms with Crippen molar-refractivity contribution < 1.29 is 9.47 Å². The van der Waals surface area contributed by atoms with Crippen LogP contribution in [0.4, 0.5) is 0 Å². The van der Waals surface area contributed by atoms with Gasteiger partial charge >= 0.3 is 0 Å². The van der Waals surface area contributed by atoms with Crippen molar-refractivity contribution in [3.8, 4) is 0 Å². The maximum absolute atomic E-state index is 6.47. The van der Waals surface area contributed by atoms with E-state index in [2.05, 4.69) is 33.0 Å². The molecule has 0 aromatic rings. The smallest absolute Gasteiger partial charge is 0.0811 e. The zero-order valence-corrected chi connectivity index (χ0v) is 14.9. The van der Waals surface area contributed by atoms with Crippen LogP contribution in [0.5, 0.6) is 0 Å². The highest BCUT2D eigenvalue weighted by Gasteiger charge is 2.37. The molecule has 126 valence electrons. The maximum atomic E-state index is 6.47. The average Bonchev–Trinajstić information content (AvgIpc) is 2.46. The number of hydrogen-bond donors (Lipinski definition) is 1. The summed E-state index contributed by atoms with van der Waals surface area (Å²) in [5.41, 5.74) is 0.0189. The molecule has 1 unspecified atom stereocenters. The molecule has 0 aromatic carbocycles. The molecule has 0 amide bonds. The normalized spacial score (nSPS) is 28.0. The van der Waals surface area contributed by atoms with Crippen LogP contribution in [0, 0.1) is 5.92 Å². The lowest BCUT2D eigenvalue weighted by Crippen LogP contribution is -2.49. The Kier molecular flexibility index (Phi) is 8.84. The Labute approximate surface area is 132 Å². The molecule has 1 saturated carbocycles. The summed E-state index contributed by atoms with van der Waals surface area (Å²) in [5.74, 6) is 0.910. The quantitative estimate of drug-likeness (QED) is 0.657. The Balaban J connectivity index is 2.55. The highest BCUT2D eigenvalue weighted by molar-refractivity contribution is 4.90. The van der Waals surface area contributed by atoms with Crippen LogP contribution in [0.2, 0.25) is 0 Å². The summed E-state index contributed by atoms with van der Waals surface area (Å²) in [6, 6.07) is 0.515. The van der Waals surface area contributed by atoms with Crippen LogP contribution in [0.15, 0.2) is 0 Å². The van der Waals surface area contributed by atoms with Gasteiger partial charge < -0.3 is 14.8 Å². The van der Waals surface area contributed by atoms with Crippen LogP contribution in [-0.2, 0) is 9.47 Å². The van der Waals surface area contributed by atoms with Crippen LogP contribution in [0.1, 0.15) is 73.1 Å². The van der Waals surface area contributed by atoms with Gasteiger partial charge in [-0.15, -0.1) is 0 Å². The predicted molar refractivity (Wildman–Crippen MR) is 89.8 cm³/mol. The lowest BCUT2D eigenvalue weighted by atomic mass is 9.76. The largest absolute Gasteiger partial charge is 0.379 e. The third-order valence-electron chi connectivity index (χ3n) is 4.55. The lowest BCUT2D eigenvalue weighted by molar-refractivity contribution is -0.131. The van der Waals surface area contributed by atoms with Gasteiger partial charge in [0.2, 0.25) is 0 Å². The van der Waals surface area contributed by atoms with E-state index in [9.17, 15) is 0 Å². The number of ether oxygens (including phenoxy) is 2. The summed E-state index contributed by atoms with van der Waals surface area (Å²) in [5, 5.41) is 3.60. The first-order valence-electron chi connectivity index (χ1n) is 9.00. The molecule has 0 spiro atoms. The second kappa shape index (κ2) is 9.81. The molecule has 21 heavy (non-hydrogen) atoms. The fraction of sp³-hybridized carbons (Fsp3) is 1.00. The van der Waals surface area contributed by atoms with Crippen LogP contribution in [-0.4, -0.2) is 37.5 Å². The highest BCUT2D eigenvalue weighted by atomic mass is 16.5. The van der Waals surface area contributed by atoms with Crippen LogP contribution in [0.3, 0.4) is 0 Å². The summed E-state index contributed by atoms with van der Waals surface area (Å²) in [6.45, 7) is 13.3. The van der Waals surface area contributed by atoms with Crippen molar-refractivity contribution >= 4 is 0 Å². The van der Waals surface area contributed by atoms with Gasteiger partial charge in [0.15, 0.2) is 0 Å². The Morgan fingerprint density at radius 3 is 2.33 bits per heavy atom. The Morgan fingerprint density at radius 1 is 1.14 bits per heavy atom. The zero-order chi connectivity index (χ0) is 15.7. The molecule has 1 rings (SSSR count).